The number of rotatable bonds is 7. The molecule has 1 heterocycles. The zero-order chi connectivity index (χ0) is 24.9. The van der Waals surface area contributed by atoms with E-state index in [1.807, 2.05) is 55.1 Å². The van der Waals surface area contributed by atoms with E-state index in [1.54, 1.807) is 12.1 Å². The van der Waals surface area contributed by atoms with Gasteiger partial charge in [-0.3, -0.25) is 14.4 Å². The van der Waals surface area contributed by atoms with Crippen molar-refractivity contribution >= 4 is 23.4 Å². The number of hydrogen-bond acceptors (Lipinski definition) is 3. The summed E-state index contributed by atoms with van der Waals surface area (Å²) in [6, 6.07) is 14.4. The van der Waals surface area contributed by atoms with Crippen LogP contribution in [0.2, 0.25) is 0 Å². The molecule has 6 heteroatoms. The number of carbonyl (C=O) groups excluding carboxylic acids is 3. The van der Waals surface area contributed by atoms with Crippen LogP contribution in [0.3, 0.4) is 0 Å². The molecule has 6 nitrogen and oxygen atoms in total. The minimum Gasteiger partial charge on any atom is -0.340 e. The quantitative estimate of drug-likeness (QED) is 0.614. The van der Waals surface area contributed by atoms with Gasteiger partial charge >= 0.3 is 0 Å². The molecular weight excluding hydrogens is 426 g/mol. The first-order valence-electron chi connectivity index (χ1n) is 12.1. The Morgan fingerprint density at radius 3 is 2.35 bits per heavy atom. The van der Waals surface area contributed by atoms with Crippen molar-refractivity contribution in [3.8, 4) is 0 Å². The summed E-state index contributed by atoms with van der Waals surface area (Å²) in [5.74, 6) is -0.446. The van der Waals surface area contributed by atoms with Crippen molar-refractivity contribution in [2.75, 3.05) is 11.9 Å². The molecule has 0 aliphatic carbocycles. The summed E-state index contributed by atoms with van der Waals surface area (Å²) in [5.41, 5.74) is 3.30. The molecule has 0 radical (unpaired) electrons. The number of carbonyl (C=O) groups is 3. The first-order chi connectivity index (χ1) is 16.0. The van der Waals surface area contributed by atoms with Gasteiger partial charge in [-0.05, 0) is 59.6 Å². The van der Waals surface area contributed by atoms with Crippen LogP contribution in [0.25, 0.3) is 0 Å². The molecule has 2 N–H and O–H groups in total. The lowest BCUT2D eigenvalue weighted by atomic mass is 9.86. The van der Waals surface area contributed by atoms with E-state index in [0.717, 1.165) is 30.5 Å². The fourth-order valence-electron chi connectivity index (χ4n) is 4.10. The molecule has 0 spiro atoms. The Hall–Kier alpha value is -3.15. The van der Waals surface area contributed by atoms with E-state index < -0.39 is 6.04 Å². The maximum atomic E-state index is 13.1. The van der Waals surface area contributed by atoms with Crippen molar-refractivity contribution in [1.82, 2.24) is 10.2 Å². The second-order valence-corrected chi connectivity index (χ2v) is 10.5. The molecular formula is C28H37N3O3. The highest BCUT2D eigenvalue weighted by atomic mass is 16.2. The lowest BCUT2D eigenvalue weighted by Crippen LogP contribution is -2.47. The molecule has 1 fully saturated rings. The molecule has 0 bridgehead atoms. The van der Waals surface area contributed by atoms with E-state index in [2.05, 4.69) is 31.4 Å². The number of benzene rings is 2. The van der Waals surface area contributed by atoms with Gasteiger partial charge in [-0.25, -0.2) is 0 Å². The zero-order valence-corrected chi connectivity index (χ0v) is 21.0. The minimum absolute atomic E-state index is 0.00514. The number of nitrogens with zero attached hydrogens (tertiary/aromatic N) is 1. The number of piperidine rings is 1. The summed E-state index contributed by atoms with van der Waals surface area (Å²) in [7, 11) is 0. The van der Waals surface area contributed by atoms with Gasteiger partial charge in [0.05, 0.1) is 0 Å². The Kier molecular flexibility index (Phi) is 8.13. The molecule has 2 aromatic rings. The third-order valence-electron chi connectivity index (χ3n) is 6.24. The van der Waals surface area contributed by atoms with Gasteiger partial charge in [0.15, 0.2) is 0 Å². The van der Waals surface area contributed by atoms with Crippen molar-refractivity contribution in [3.05, 3.63) is 65.2 Å². The number of likely N-dealkylation sites (tertiary alicyclic amines) is 1. The van der Waals surface area contributed by atoms with Gasteiger partial charge in [0.1, 0.15) is 6.04 Å². The maximum Gasteiger partial charge on any atom is 0.251 e. The fourth-order valence-corrected chi connectivity index (χ4v) is 4.10. The third kappa shape index (κ3) is 6.69. The van der Waals surface area contributed by atoms with E-state index >= 15 is 0 Å². The average Bonchev–Trinajstić information content (AvgIpc) is 2.78. The Balaban J connectivity index is 1.65. The van der Waals surface area contributed by atoms with Crippen LogP contribution in [-0.2, 0) is 21.5 Å². The Morgan fingerprint density at radius 1 is 1.03 bits per heavy atom. The molecule has 34 heavy (non-hydrogen) atoms. The van der Waals surface area contributed by atoms with Crippen molar-refractivity contribution < 1.29 is 14.4 Å². The molecule has 182 valence electrons. The molecule has 2 aromatic carbocycles. The Labute approximate surface area is 203 Å². The maximum absolute atomic E-state index is 13.1. The van der Waals surface area contributed by atoms with Gasteiger partial charge in [0, 0.05) is 30.8 Å². The lowest BCUT2D eigenvalue weighted by Gasteiger charge is -2.27. The Morgan fingerprint density at radius 2 is 1.74 bits per heavy atom. The number of nitrogens with one attached hydrogen (secondary N) is 2. The summed E-state index contributed by atoms with van der Waals surface area (Å²) < 4.78 is 0. The zero-order valence-electron chi connectivity index (χ0n) is 21.0. The van der Waals surface area contributed by atoms with E-state index in [1.165, 1.54) is 0 Å². The van der Waals surface area contributed by atoms with Crippen LogP contribution < -0.4 is 10.6 Å². The van der Waals surface area contributed by atoms with Crippen LogP contribution in [0.4, 0.5) is 5.69 Å². The standard InChI is InChI=1S/C28H37N3O3/c1-19(2)25(30-26(33)21-12-14-22(15-13-21)28(3,4)5)27(34)29-23-10-8-9-20(17-23)18-31-16-7-6-11-24(31)32/h8-10,12-15,17,19,25H,6-7,11,16,18H2,1-5H3,(H,29,34)(H,30,33). The molecule has 3 rings (SSSR count). The highest BCUT2D eigenvalue weighted by Crippen LogP contribution is 2.22. The van der Waals surface area contributed by atoms with Crippen LogP contribution in [-0.4, -0.2) is 35.2 Å². The SMILES string of the molecule is CC(C)C(NC(=O)c1ccc(C(C)(C)C)cc1)C(=O)Nc1cccc(CN2CCCCC2=O)c1. The smallest absolute Gasteiger partial charge is 0.251 e. The van der Waals surface area contributed by atoms with Crippen LogP contribution in [0, 0.1) is 5.92 Å². The summed E-state index contributed by atoms with van der Waals surface area (Å²) in [6.45, 7) is 11.5. The van der Waals surface area contributed by atoms with Crippen molar-refractivity contribution in [2.24, 2.45) is 5.92 Å². The van der Waals surface area contributed by atoms with Gasteiger partial charge < -0.3 is 15.5 Å². The third-order valence-corrected chi connectivity index (χ3v) is 6.24. The molecule has 1 aliphatic heterocycles. The topological polar surface area (TPSA) is 78.5 Å². The first kappa shape index (κ1) is 25.5. The van der Waals surface area contributed by atoms with Crippen LogP contribution in [0.15, 0.2) is 48.5 Å². The fraction of sp³-hybridized carbons (Fsp3) is 0.464. The van der Waals surface area contributed by atoms with Crippen molar-refractivity contribution in [2.45, 2.75) is 71.9 Å². The second-order valence-electron chi connectivity index (χ2n) is 10.5. The van der Waals surface area contributed by atoms with Crippen molar-refractivity contribution in [1.29, 1.82) is 0 Å². The van der Waals surface area contributed by atoms with Crippen molar-refractivity contribution in [3.63, 3.8) is 0 Å². The second kappa shape index (κ2) is 10.9. The van der Waals surface area contributed by atoms with Gasteiger partial charge in [-0.1, -0.05) is 58.9 Å². The van der Waals surface area contributed by atoms with Gasteiger partial charge in [0.2, 0.25) is 11.8 Å². The molecule has 1 saturated heterocycles. The molecule has 1 atom stereocenters. The molecule has 0 aromatic heterocycles. The molecule has 0 saturated carbocycles. The van der Waals surface area contributed by atoms with Gasteiger partial charge in [-0.15, -0.1) is 0 Å². The lowest BCUT2D eigenvalue weighted by molar-refractivity contribution is -0.133. The number of anilines is 1. The summed E-state index contributed by atoms with van der Waals surface area (Å²) in [5, 5.41) is 5.83. The van der Waals surface area contributed by atoms with E-state index in [9.17, 15) is 14.4 Å². The minimum atomic E-state index is -0.679. The molecule has 3 amide bonds. The number of hydrogen-bond donors (Lipinski definition) is 2. The highest BCUT2D eigenvalue weighted by Gasteiger charge is 2.25. The van der Waals surface area contributed by atoms with E-state index in [0.29, 0.717) is 24.2 Å². The monoisotopic (exact) mass is 463 g/mol. The first-order valence-corrected chi connectivity index (χ1v) is 12.1. The van der Waals surface area contributed by atoms with Crippen LogP contribution >= 0.6 is 0 Å². The summed E-state index contributed by atoms with van der Waals surface area (Å²) in [4.78, 5) is 39.9. The normalized spacial score (nSPS) is 15.2. The van der Waals surface area contributed by atoms with Gasteiger partial charge in [0.25, 0.3) is 5.91 Å². The predicted octanol–water partition coefficient (Wildman–Crippen LogP) is 4.89. The predicted molar refractivity (Wildman–Crippen MR) is 136 cm³/mol. The van der Waals surface area contributed by atoms with Gasteiger partial charge in [-0.2, -0.15) is 0 Å². The van der Waals surface area contributed by atoms with E-state index in [-0.39, 0.29) is 29.1 Å². The molecule has 1 aliphatic rings. The van der Waals surface area contributed by atoms with Crippen LogP contribution in [0.5, 0.6) is 0 Å². The van der Waals surface area contributed by atoms with E-state index in [4.69, 9.17) is 0 Å². The van der Waals surface area contributed by atoms with Crippen LogP contribution in [0.1, 0.15) is 75.4 Å². The average molecular weight is 464 g/mol. The summed E-state index contributed by atoms with van der Waals surface area (Å²) >= 11 is 0. The molecule has 1 unspecified atom stereocenters. The highest BCUT2D eigenvalue weighted by molar-refractivity contribution is 6.01. The number of amides is 3. The largest absolute Gasteiger partial charge is 0.340 e. The Bertz CT molecular complexity index is 1020. The summed E-state index contributed by atoms with van der Waals surface area (Å²) in [6.07, 6.45) is 2.58.